The van der Waals surface area contributed by atoms with Crippen LogP contribution in [0.25, 0.3) is 0 Å². The first-order valence-electron chi connectivity index (χ1n) is 5.75. The van der Waals surface area contributed by atoms with Crippen molar-refractivity contribution in [3.8, 4) is 5.75 Å². The molecule has 18 heavy (non-hydrogen) atoms. The van der Waals surface area contributed by atoms with Crippen molar-refractivity contribution < 1.29 is 9.50 Å². The first-order valence-corrected chi connectivity index (χ1v) is 5.75. The van der Waals surface area contributed by atoms with Crippen molar-refractivity contribution in [3.05, 3.63) is 65.5 Å². The molecular weight excluding hydrogens is 229 g/mol. The second-order valence-electron chi connectivity index (χ2n) is 4.07. The molecule has 0 radical (unpaired) electrons. The molecule has 2 aromatic carbocycles. The van der Waals surface area contributed by atoms with Gasteiger partial charge in [0.15, 0.2) is 0 Å². The maximum Gasteiger partial charge on any atom is 0.123 e. The fourth-order valence-corrected chi connectivity index (χ4v) is 2.14. The summed E-state index contributed by atoms with van der Waals surface area (Å²) in [5, 5.41) is 9.85. The Morgan fingerprint density at radius 3 is 2.44 bits per heavy atom. The average molecular weight is 247 g/mol. The highest BCUT2D eigenvalue weighted by atomic mass is 19.1. The van der Waals surface area contributed by atoms with Crippen LogP contribution >= 0.6 is 0 Å². The molecule has 0 spiro atoms. The molecule has 0 fully saturated rings. The molecule has 2 nitrogen and oxygen atoms in total. The molecule has 0 bridgehead atoms. The molecule has 0 aliphatic heterocycles. The Balaban J connectivity index is 0.00000162. The van der Waals surface area contributed by atoms with Gasteiger partial charge in [0, 0.05) is 11.5 Å². The lowest BCUT2D eigenvalue weighted by Crippen LogP contribution is -2.00. The number of hydrogen-bond acceptors (Lipinski definition) is 2. The molecule has 1 unspecified atom stereocenters. The van der Waals surface area contributed by atoms with E-state index in [-0.39, 0.29) is 23.6 Å². The molecule has 1 atom stereocenters. The molecule has 0 aliphatic rings. The fourth-order valence-electron chi connectivity index (χ4n) is 2.14. The number of phenols is 1. The Labute approximate surface area is 107 Å². The van der Waals surface area contributed by atoms with Crippen LogP contribution in [0, 0.1) is 5.82 Å². The Bertz CT molecular complexity index is 513. The van der Waals surface area contributed by atoms with Gasteiger partial charge >= 0.3 is 0 Å². The van der Waals surface area contributed by atoms with Gasteiger partial charge in [-0.15, -0.1) is 0 Å². The minimum absolute atomic E-state index is 0. The van der Waals surface area contributed by atoms with Gasteiger partial charge in [0.05, 0.1) is 0 Å². The molecule has 2 aromatic rings. The molecule has 0 amide bonds. The second kappa shape index (κ2) is 6.17. The van der Waals surface area contributed by atoms with E-state index in [1.54, 1.807) is 18.2 Å². The quantitative estimate of drug-likeness (QED) is 0.852. The molecule has 0 aliphatic carbocycles. The van der Waals surface area contributed by atoms with Gasteiger partial charge in [-0.05, 0) is 30.2 Å². The van der Waals surface area contributed by atoms with Crippen molar-refractivity contribution >= 4 is 0 Å². The number of hydrogen-bond donors (Lipinski definition) is 2. The van der Waals surface area contributed by atoms with E-state index in [9.17, 15) is 9.50 Å². The summed E-state index contributed by atoms with van der Waals surface area (Å²) in [4.78, 5) is 0. The van der Waals surface area contributed by atoms with E-state index in [1.807, 2.05) is 25.1 Å². The highest BCUT2D eigenvalue weighted by molar-refractivity contribution is 5.41. The van der Waals surface area contributed by atoms with Crippen LogP contribution in [0.5, 0.6) is 5.75 Å². The molecule has 0 saturated heterocycles. The van der Waals surface area contributed by atoms with Crippen LogP contribution in [0.2, 0.25) is 0 Å². The summed E-state index contributed by atoms with van der Waals surface area (Å²) in [6.07, 6.45) is 0.820. The zero-order valence-corrected chi connectivity index (χ0v) is 10.4. The first kappa shape index (κ1) is 14.2. The van der Waals surface area contributed by atoms with E-state index in [2.05, 4.69) is 0 Å². The molecule has 0 heterocycles. The van der Waals surface area contributed by atoms with Gasteiger partial charge in [-0.1, -0.05) is 37.3 Å². The minimum Gasteiger partial charge on any atom is -0.508 e. The lowest BCUT2D eigenvalue weighted by molar-refractivity contribution is 0.463. The van der Waals surface area contributed by atoms with Gasteiger partial charge in [-0.2, -0.15) is 0 Å². The normalized spacial score (nSPS) is 11.7. The van der Waals surface area contributed by atoms with Crippen molar-refractivity contribution in [2.24, 2.45) is 0 Å². The predicted molar refractivity (Wildman–Crippen MR) is 71.7 cm³/mol. The molecule has 96 valence electrons. The van der Waals surface area contributed by atoms with Gasteiger partial charge in [0.1, 0.15) is 11.6 Å². The van der Waals surface area contributed by atoms with Crippen LogP contribution < -0.4 is 6.15 Å². The lowest BCUT2D eigenvalue weighted by atomic mass is 9.88. The molecule has 0 aromatic heterocycles. The topological polar surface area (TPSA) is 55.2 Å². The maximum atomic E-state index is 13.2. The number of para-hydroxylation sites is 1. The van der Waals surface area contributed by atoms with E-state index in [0.29, 0.717) is 0 Å². The third-order valence-electron chi connectivity index (χ3n) is 2.97. The summed E-state index contributed by atoms with van der Waals surface area (Å²) in [5.41, 5.74) is 1.75. The molecule has 4 N–H and O–H groups in total. The van der Waals surface area contributed by atoms with Gasteiger partial charge < -0.3 is 11.3 Å². The molecule has 0 saturated carbocycles. The summed E-state index contributed by atoms with van der Waals surface area (Å²) < 4.78 is 13.2. The Hall–Kier alpha value is -1.87. The van der Waals surface area contributed by atoms with Crippen molar-refractivity contribution in [2.45, 2.75) is 19.3 Å². The zero-order chi connectivity index (χ0) is 12.3. The fraction of sp³-hybridized carbons (Fsp3) is 0.200. The Morgan fingerprint density at radius 1 is 1.11 bits per heavy atom. The molecule has 2 rings (SSSR count). The zero-order valence-electron chi connectivity index (χ0n) is 10.4. The first-order chi connectivity index (χ1) is 8.22. The van der Waals surface area contributed by atoms with E-state index in [0.717, 1.165) is 17.5 Å². The van der Waals surface area contributed by atoms with Gasteiger partial charge in [0.25, 0.3) is 0 Å². The SMILES string of the molecule is CCC(c1cccc(F)c1)c1ccccc1O.N. The number of aromatic hydroxyl groups is 1. The second-order valence-corrected chi connectivity index (χ2v) is 4.07. The summed E-state index contributed by atoms with van der Waals surface area (Å²) in [7, 11) is 0. The largest absolute Gasteiger partial charge is 0.508 e. The smallest absolute Gasteiger partial charge is 0.123 e. The lowest BCUT2D eigenvalue weighted by Gasteiger charge is -2.17. The van der Waals surface area contributed by atoms with Gasteiger partial charge in [-0.25, -0.2) is 4.39 Å². The summed E-state index contributed by atoms with van der Waals surface area (Å²) in [5.74, 6) is 0.0619. The van der Waals surface area contributed by atoms with E-state index in [4.69, 9.17) is 0 Å². The molecular formula is C15H18FNO. The summed E-state index contributed by atoms with van der Waals surface area (Å²) in [6.45, 7) is 2.03. The van der Waals surface area contributed by atoms with Crippen molar-refractivity contribution in [2.75, 3.05) is 0 Å². The maximum absolute atomic E-state index is 13.2. The Morgan fingerprint density at radius 2 is 1.83 bits per heavy atom. The van der Waals surface area contributed by atoms with Crippen LogP contribution in [0.3, 0.4) is 0 Å². The number of rotatable bonds is 3. The van der Waals surface area contributed by atoms with Crippen molar-refractivity contribution in [1.29, 1.82) is 0 Å². The van der Waals surface area contributed by atoms with Crippen molar-refractivity contribution in [1.82, 2.24) is 6.15 Å². The van der Waals surface area contributed by atoms with Crippen LogP contribution in [0.1, 0.15) is 30.4 Å². The number of phenolic OH excluding ortho intramolecular Hbond substituents is 1. The summed E-state index contributed by atoms with van der Waals surface area (Å²) in [6, 6.07) is 13.8. The number of benzene rings is 2. The van der Waals surface area contributed by atoms with Crippen molar-refractivity contribution in [3.63, 3.8) is 0 Å². The van der Waals surface area contributed by atoms with Crippen LogP contribution in [-0.2, 0) is 0 Å². The van der Waals surface area contributed by atoms with E-state index < -0.39 is 0 Å². The third kappa shape index (κ3) is 2.87. The minimum atomic E-state index is -0.239. The van der Waals surface area contributed by atoms with Crippen LogP contribution in [-0.4, -0.2) is 5.11 Å². The van der Waals surface area contributed by atoms with Gasteiger partial charge in [-0.3, -0.25) is 0 Å². The third-order valence-corrected chi connectivity index (χ3v) is 2.97. The summed E-state index contributed by atoms with van der Waals surface area (Å²) >= 11 is 0. The van der Waals surface area contributed by atoms with Gasteiger partial charge in [0.2, 0.25) is 0 Å². The average Bonchev–Trinajstić information content (AvgIpc) is 2.33. The van der Waals surface area contributed by atoms with E-state index in [1.165, 1.54) is 12.1 Å². The Kier molecular flexibility index (Phi) is 4.86. The highest BCUT2D eigenvalue weighted by Crippen LogP contribution is 2.33. The van der Waals surface area contributed by atoms with Crippen LogP contribution in [0.15, 0.2) is 48.5 Å². The monoisotopic (exact) mass is 247 g/mol. The standard InChI is InChI=1S/C15H15FO.H3N/c1-2-13(11-6-5-7-12(16)10-11)14-8-3-4-9-15(14)17;/h3-10,13,17H,2H2,1H3;1H3. The highest BCUT2D eigenvalue weighted by Gasteiger charge is 2.15. The van der Waals surface area contributed by atoms with E-state index >= 15 is 0 Å². The molecule has 3 heteroatoms. The van der Waals surface area contributed by atoms with Crippen LogP contribution in [0.4, 0.5) is 4.39 Å². The number of halogens is 1. The predicted octanol–water partition coefficient (Wildman–Crippen LogP) is 4.24.